The third kappa shape index (κ3) is 2.98. The van der Waals surface area contributed by atoms with E-state index in [-0.39, 0.29) is 5.41 Å². The molecule has 0 bridgehead atoms. The molecule has 0 heterocycles. The maximum absolute atomic E-state index is 10.5. The Morgan fingerprint density at radius 3 is 2.33 bits per heavy atom. The average Bonchev–Trinajstić information content (AvgIpc) is 2.05. The molecule has 15 heavy (non-hydrogen) atoms. The molecule has 0 aromatic heterocycles. The van der Waals surface area contributed by atoms with Crippen LogP contribution in [0.25, 0.3) is 0 Å². The number of nitrogens with one attached hydrogen (secondary N) is 1. The number of aryl methyl sites for hydroxylation is 1. The molecule has 2 N–H and O–H groups in total. The monoisotopic (exact) mass is 207 g/mol. The minimum Gasteiger partial charge on any atom is -0.465 e. The van der Waals surface area contributed by atoms with Gasteiger partial charge in [-0.3, -0.25) is 5.32 Å². The Hall–Kier alpha value is -1.51. The first-order valence-electron chi connectivity index (χ1n) is 4.92. The quantitative estimate of drug-likeness (QED) is 0.741. The SMILES string of the molecule is Cc1cc(C(C)(C)C)ccc1NC(=O)O. The molecule has 0 radical (unpaired) electrons. The third-order valence-electron chi connectivity index (χ3n) is 2.33. The highest BCUT2D eigenvalue weighted by molar-refractivity contribution is 5.84. The van der Waals surface area contributed by atoms with Crippen molar-refractivity contribution in [1.82, 2.24) is 0 Å². The van der Waals surface area contributed by atoms with Crippen molar-refractivity contribution in [3.05, 3.63) is 29.3 Å². The normalized spacial score (nSPS) is 11.2. The summed E-state index contributed by atoms with van der Waals surface area (Å²) in [5, 5.41) is 11.0. The fourth-order valence-corrected chi connectivity index (χ4v) is 1.39. The van der Waals surface area contributed by atoms with E-state index < -0.39 is 6.09 Å². The van der Waals surface area contributed by atoms with Gasteiger partial charge in [-0.05, 0) is 29.5 Å². The van der Waals surface area contributed by atoms with Gasteiger partial charge in [0.2, 0.25) is 0 Å². The summed E-state index contributed by atoms with van der Waals surface area (Å²) in [5.41, 5.74) is 2.89. The molecule has 0 aliphatic rings. The lowest BCUT2D eigenvalue weighted by Gasteiger charge is -2.20. The molecule has 3 heteroatoms. The predicted octanol–water partition coefficient (Wildman–Crippen LogP) is 3.38. The van der Waals surface area contributed by atoms with Crippen LogP contribution in [0.5, 0.6) is 0 Å². The standard InChI is InChI=1S/C12H17NO2/c1-8-7-9(12(2,3)4)5-6-10(8)13-11(14)15/h5-7,13H,1-4H3,(H,14,15). The average molecular weight is 207 g/mol. The summed E-state index contributed by atoms with van der Waals surface area (Å²) in [6, 6.07) is 5.79. The molecule has 1 rings (SSSR count). The number of benzene rings is 1. The zero-order valence-electron chi connectivity index (χ0n) is 9.59. The van der Waals surface area contributed by atoms with Gasteiger partial charge in [-0.1, -0.05) is 32.9 Å². The molecule has 1 aromatic rings. The number of hydrogen-bond acceptors (Lipinski definition) is 1. The third-order valence-corrected chi connectivity index (χ3v) is 2.33. The lowest BCUT2D eigenvalue weighted by molar-refractivity contribution is 0.209. The van der Waals surface area contributed by atoms with Crippen molar-refractivity contribution >= 4 is 11.8 Å². The summed E-state index contributed by atoms with van der Waals surface area (Å²) < 4.78 is 0. The molecule has 0 saturated heterocycles. The van der Waals surface area contributed by atoms with Gasteiger partial charge in [-0.15, -0.1) is 0 Å². The molecular formula is C12H17NO2. The number of anilines is 1. The number of carboxylic acid groups (broad SMARTS) is 1. The molecule has 3 nitrogen and oxygen atoms in total. The van der Waals surface area contributed by atoms with Crippen molar-refractivity contribution in [2.45, 2.75) is 33.1 Å². The van der Waals surface area contributed by atoms with Crippen LogP contribution in [-0.2, 0) is 5.41 Å². The zero-order valence-corrected chi connectivity index (χ0v) is 9.59. The maximum Gasteiger partial charge on any atom is 0.409 e. The molecule has 0 fully saturated rings. The molecule has 0 aliphatic carbocycles. The summed E-state index contributed by atoms with van der Waals surface area (Å²) in [7, 11) is 0. The summed E-state index contributed by atoms with van der Waals surface area (Å²) in [6.07, 6.45) is -1.03. The van der Waals surface area contributed by atoms with Crippen LogP contribution >= 0.6 is 0 Å². The Bertz CT molecular complexity index is 378. The van der Waals surface area contributed by atoms with Gasteiger partial charge in [0.1, 0.15) is 0 Å². The van der Waals surface area contributed by atoms with E-state index in [4.69, 9.17) is 5.11 Å². The van der Waals surface area contributed by atoms with Crippen molar-refractivity contribution in [3.63, 3.8) is 0 Å². The Morgan fingerprint density at radius 2 is 1.93 bits per heavy atom. The predicted molar refractivity (Wildman–Crippen MR) is 61.5 cm³/mol. The van der Waals surface area contributed by atoms with Crippen LogP contribution in [0, 0.1) is 6.92 Å². The zero-order chi connectivity index (χ0) is 11.6. The maximum atomic E-state index is 10.5. The van der Waals surface area contributed by atoms with Crippen molar-refractivity contribution in [2.24, 2.45) is 0 Å². The lowest BCUT2D eigenvalue weighted by Crippen LogP contribution is -2.13. The molecule has 1 aromatic carbocycles. The van der Waals surface area contributed by atoms with Crippen LogP contribution in [0.4, 0.5) is 10.5 Å². The van der Waals surface area contributed by atoms with E-state index in [9.17, 15) is 4.79 Å². The summed E-state index contributed by atoms with van der Waals surface area (Å²) in [6.45, 7) is 8.30. The van der Waals surface area contributed by atoms with Gasteiger partial charge in [-0.25, -0.2) is 4.79 Å². The van der Waals surface area contributed by atoms with Gasteiger partial charge in [0, 0.05) is 5.69 Å². The van der Waals surface area contributed by atoms with E-state index >= 15 is 0 Å². The minimum atomic E-state index is -1.03. The topological polar surface area (TPSA) is 49.3 Å². The molecule has 0 spiro atoms. The van der Waals surface area contributed by atoms with E-state index in [1.54, 1.807) is 0 Å². The first-order chi connectivity index (χ1) is 6.80. The molecular weight excluding hydrogens is 190 g/mol. The minimum absolute atomic E-state index is 0.0898. The van der Waals surface area contributed by atoms with Crippen molar-refractivity contribution in [1.29, 1.82) is 0 Å². The summed E-state index contributed by atoms with van der Waals surface area (Å²) in [5.74, 6) is 0. The number of amides is 1. The van der Waals surface area contributed by atoms with E-state index in [0.717, 1.165) is 5.56 Å². The Labute approximate surface area is 90.1 Å². The second-order valence-corrected chi connectivity index (χ2v) is 4.71. The van der Waals surface area contributed by atoms with E-state index in [1.807, 2.05) is 25.1 Å². The molecule has 82 valence electrons. The lowest BCUT2D eigenvalue weighted by atomic mass is 9.86. The van der Waals surface area contributed by atoms with E-state index in [1.165, 1.54) is 5.56 Å². The van der Waals surface area contributed by atoms with Crippen LogP contribution in [0.3, 0.4) is 0 Å². The van der Waals surface area contributed by atoms with Crippen LogP contribution in [0.2, 0.25) is 0 Å². The van der Waals surface area contributed by atoms with Gasteiger partial charge in [-0.2, -0.15) is 0 Å². The fourth-order valence-electron chi connectivity index (χ4n) is 1.39. The smallest absolute Gasteiger partial charge is 0.409 e. The van der Waals surface area contributed by atoms with Crippen molar-refractivity contribution in [2.75, 3.05) is 5.32 Å². The van der Waals surface area contributed by atoms with Crippen LogP contribution in [0.15, 0.2) is 18.2 Å². The van der Waals surface area contributed by atoms with E-state index in [2.05, 4.69) is 26.1 Å². The van der Waals surface area contributed by atoms with Crippen LogP contribution in [-0.4, -0.2) is 11.2 Å². The molecule has 0 aliphatic heterocycles. The fraction of sp³-hybridized carbons (Fsp3) is 0.417. The molecule has 0 unspecified atom stereocenters. The Balaban J connectivity index is 3.03. The number of rotatable bonds is 1. The Morgan fingerprint density at radius 1 is 1.33 bits per heavy atom. The molecule has 1 amide bonds. The second-order valence-electron chi connectivity index (χ2n) is 4.71. The highest BCUT2D eigenvalue weighted by atomic mass is 16.4. The number of carbonyl (C=O) groups is 1. The summed E-state index contributed by atoms with van der Waals surface area (Å²) >= 11 is 0. The summed E-state index contributed by atoms with van der Waals surface area (Å²) in [4.78, 5) is 10.5. The largest absolute Gasteiger partial charge is 0.465 e. The van der Waals surface area contributed by atoms with Gasteiger partial charge >= 0.3 is 6.09 Å². The van der Waals surface area contributed by atoms with Crippen molar-refractivity contribution < 1.29 is 9.90 Å². The first-order valence-corrected chi connectivity index (χ1v) is 4.92. The highest BCUT2D eigenvalue weighted by Crippen LogP contribution is 2.26. The Kier molecular flexibility index (Phi) is 3.03. The van der Waals surface area contributed by atoms with Crippen LogP contribution < -0.4 is 5.32 Å². The molecule has 0 atom stereocenters. The molecule has 0 saturated carbocycles. The van der Waals surface area contributed by atoms with Crippen molar-refractivity contribution in [3.8, 4) is 0 Å². The van der Waals surface area contributed by atoms with Gasteiger partial charge < -0.3 is 5.11 Å². The van der Waals surface area contributed by atoms with E-state index in [0.29, 0.717) is 5.69 Å². The first kappa shape index (κ1) is 11.6. The highest BCUT2D eigenvalue weighted by Gasteiger charge is 2.14. The second kappa shape index (κ2) is 3.93. The van der Waals surface area contributed by atoms with Gasteiger partial charge in [0.05, 0.1) is 0 Å². The van der Waals surface area contributed by atoms with Gasteiger partial charge in [0.15, 0.2) is 0 Å². The number of hydrogen-bond donors (Lipinski definition) is 2. The van der Waals surface area contributed by atoms with Crippen LogP contribution in [0.1, 0.15) is 31.9 Å². The van der Waals surface area contributed by atoms with Gasteiger partial charge in [0.25, 0.3) is 0 Å².